The summed E-state index contributed by atoms with van der Waals surface area (Å²) in [7, 11) is 4.37. The van der Waals surface area contributed by atoms with E-state index in [1.54, 1.807) is 12.1 Å². The van der Waals surface area contributed by atoms with Crippen molar-refractivity contribution in [2.45, 2.75) is 6.92 Å². The van der Waals surface area contributed by atoms with Gasteiger partial charge in [-0.1, -0.05) is 11.6 Å². The normalized spacial score (nSPS) is 11.0. The number of nitrogens with one attached hydrogen (secondary N) is 2. The molecule has 2 aromatic carbocycles. The number of aryl methyl sites for hydroxylation is 1. The number of nitrogens with zero attached hydrogens (tertiary/aromatic N) is 4. The first-order valence-electron chi connectivity index (χ1n) is 9.98. The molecule has 0 aliphatic rings. The van der Waals surface area contributed by atoms with Crippen LogP contribution in [-0.4, -0.2) is 41.4 Å². The van der Waals surface area contributed by atoms with Crippen molar-refractivity contribution in [1.29, 1.82) is 5.26 Å². The summed E-state index contributed by atoms with van der Waals surface area (Å²) in [6, 6.07) is 10.6. The zero-order chi connectivity index (χ0) is 24.4. The summed E-state index contributed by atoms with van der Waals surface area (Å²) in [5, 5.41) is 28.6. The highest BCUT2D eigenvalue weighted by molar-refractivity contribution is 5.94. The second kappa shape index (κ2) is 8.95. The summed E-state index contributed by atoms with van der Waals surface area (Å²) in [5.74, 6) is 0.664. The van der Waals surface area contributed by atoms with Crippen molar-refractivity contribution in [3.8, 4) is 40.5 Å². The second-order valence-corrected chi connectivity index (χ2v) is 7.21. The molecular weight excluding hydrogens is 440 g/mol. The average Bonchev–Trinajstić information content (AvgIpc) is 3.15. The quantitative estimate of drug-likeness (QED) is 0.363. The van der Waals surface area contributed by atoms with Gasteiger partial charge < -0.3 is 24.3 Å². The van der Waals surface area contributed by atoms with Crippen molar-refractivity contribution in [2.24, 2.45) is 10.2 Å². The molecule has 11 nitrogen and oxygen atoms in total. The first-order chi connectivity index (χ1) is 16.4. The van der Waals surface area contributed by atoms with Gasteiger partial charge in [0, 0.05) is 10.9 Å². The van der Waals surface area contributed by atoms with Crippen LogP contribution < -0.4 is 19.8 Å². The molecular formula is C23H20N6O5. The van der Waals surface area contributed by atoms with Gasteiger partial charge in [0.2, 0.25) is 17.6 Å². The van der Waals surface area contributed by atoms with Gasteiger partial charge in [0.05, 0.1) is 32.5 Å². The molecule has 34 heavy (non-hydrogen) atoms. The van der Waals surface area contributed by atoms with Gasteiger partial charge in [0.25, 0.3) is 5.56 Å². The van der Waals surface area contributed by atoms with Crippen LogP contribution in [0.4, 0.5) is 11.6 Å². The third-order valence-electron chi connectivity index (χ3n) is 5.11. The van der Waals surface area contributed by atoms with E-state index >= 15 is 0 Å². The van der Waals surface area contributed by atoms with Crippen LogP contribution in [0.25, 0.3) is 22.2 Å². The highest BCUT2D eigenvalue weighted by Crippen LogP contribution is 2.41. The number of aromatic hydroxyl groups is 1. The summed E-state index contributed by atoms with van der Waals surface area (Å²) in [6.07, 6.45) is 0. The number of H-pyrrole nitrogens is 2. The number of methoxy groups -OCH3 is 3. The van der Waals surface area contributed by atoms with Crippen molar-refractivity contribution in [1.82, 2.24) is 15.0 Å². The Balaban J connectivity index is 1.86. The molecule has 2 aromatic heterocycles. The molecule has 11 heteroatoms. The van der Waals surface area contributed by atoms with E-state index in [9.17, 15) is 15.2 Å². The van der Waals surface area contributed by atoms with Crippen molar-refractivity contribution in [3.05, 3.63) is 51.8 Å². The van der Waals surface area contributed by atoms with E-state index in [1.807, 2.05) is 31.2 Å². The van der Waals surface area contributed by atoms with Crippen LogP contribution >= 0.6 is 0 Å². The van der Waals surface area contributed by atoms with Gasteiger partial charge in [-0.3, -0.25) is 9.78 Å². The van der Waals surface area contributed by atoms with E-state index in [0.717, 1.165) is 5.56 Å². The lowest BCUT2D eigenvalue weighted by atomic mass is 10.1. The molecule has 0 spiro atoms. The van der Waals surface area contributed by atoms with E-state index < -0.39 is 5.56 Å². The average molecular weight is 460 g/mol. The van der Waals surface area contributed by atoms with Crippen molar-refractivity contribution < 1.29 is 19.3 Å². The van der Waals surface area contributed by atoms with Crippen LogP contribution in [0.15, 0.2) is 45.4 Å². The Morgan fingerprint density at radius 1 is 1.03 bits per heavy atom. The monoisotopic (exact) mass is 460 g/mol. The van der Waals surface area contributed by atoms with Gasteiger partial charge >= 0.3 is 0 Å². The van der Waals surface area contributed by atoms with Crippen molar-refractivity contribution in [2.75, 3.05) is 21.3 Å². The van der Waals surface area contributed by atoms with Crippen LogP contribution in [-0.2, 0) is 0 Å². The van der Waals surface area contributed by atoms with Gasteiger partial charge in [-0.05, 0) is 31.2 Å². The third-order valence-corrected chi connectivity index (χ3v) is 5.11. The number of azo groups is 1. The minimum Gasteiger partial charge on any atom is -0.493 e. The highest BCUT2D eigenvalue weighted by Gasteiger charge is 2.19. The molecule has 0 fully saturated rings. The van der Waals surface area contributed by atoms with Crippen molar-refractivity contribution >= 4 is 22.5 Å². The number of aromatic amines is 2. The number of aromatic nitrogens is 3. The van der Waals surface area contributed by atoms with E-state index in [2.05, 4.69) is 25.2 Å². The summed E-state index contributed by atoms with van der Waals surface area (Å²) >= 11 is 0. The lowest BCUT2D eigenvalue weighted by Crippen LogP contribution is -2.13. The molecule has 0 amide bonds. The molecule has 0 saturated carbocycles. The van der Waals surface area contributed by atoms with Crippen LogP contribution in [0.1, 0.15) is 11.1 Å². The standard InChI is InChI=1S/C23H20N6O5/c1-11-5-6-15-13(7-11)19(22(31)25-15)28-29-23-26-18(14(10-24)21(30)27-23)12-8-16(32-2)20(34-4)17(9-12)33-3/h5-9,25,31H,1-4H3,(H,26,27,30). The molecule has 0 atom stereocenters. The summed E-state index contributed by atoms with van der Waals surface area (Å²) in [4.78, 5) is 22.2. The largest absolute Gasteiger partial charge is 0.493 e. The molecule has 0 radical (unpaired) electrons. The number of hydrogen-bond donors (Lipinski definition) is 3. The minimum absolute atomic E-state index is 0.0541. The zero-order valence-electron chi connectivity index (χ0n) is 18.8. The molecule has 0 bridgehead atoms. The first kappa shape index (κ1) is 22.3. The second-order valence-electron chi connectivity index (χ2n) is 7.21. The fraction of sp³-hybridized carbons (Fsp3) is 0.174. The Labute approximate surface area is 193 Å². The van der Waals surface area contributed by atoms with Crippen molar-refractivity contribution in [3.63, 3.8) is 0 Å². The molecule has 0 saturated heterocycles. The first-order valence-corrected chi connectivity index (χ1v) is 9.98. The molecule has 4 aromatic rings. The Kier molecular flexibility index (Phi) is 5.88. The maximum absolute atomic E-state index is 12.6. The predicted molar refractivity (Wildman–Crippen MR) is 124 cm³/mol. The predicted octanol–water partition coefficient (Wildman–Crippen LogP) is 4.25. The Bertz CT molecular complexity index is 1500. The molecule has 2 heterocycles. The number of benzene rings is 2. The van der Waals surface area contributed by atoms with Crippen LogP contribution in [0.2, 0.25) is 0 Å². The maximum Gasteiger partial charge on any atom is 0.270 e. The lowest BCUT2D eigenvalue weighted by Gasteiger charge is -2.14. The Hall–Kier alpha value is -4.85. The van der Waals surface area contributed by atoms with Crippen LogP contribution in [0.3, 0.4) is 0 Å². The summed E-state index contributed by atoms with van der Waals surface area (Å²) in [5.41, 5.74) is 1.35. The number of hydrogen-bond acceptors (Lipinski definition) is 9. The van der Waals surface area contributed by atoms with E-state index in [1.165, 1.54) is 21.3 Å². The van der Waals surface area contributed by atoms with E-state index in [-0.39, 0.29) is 28.8 Å². The fourth-order valence-electron chi connectivity index (χ4n) is 3.52. The van der Waals surface area contributed by atoms with Gasteiger partial charge in [0.15, 0.2) is 17.2 Å². The summed E-state index contributed by atoms with van der Waals surface area (Å²) in [6.45, 7) is 1.91. The lowest BCUT2D eigenvalue weighted by molar-refractivity contribution is 0.324. The topological polar surface area (TPSA) is 158 Å². The number of ether oxygens (including phenoxy) is 3. The van der Waals surface area contributed by atoms with Gasteiger partial charge in [-0.15, -0.1) is 10.2 Å². The molecule has 0 aliphatic carbocycles. The van der Waals surface area contributed by atoms with Gasteiger partial charge in [-0.25, -0.2) is 4.98 Å². The number of fused-ring (bicyclic) bond motifs is 1. The smallest absolute Gasteiger partial charge is 0.270 e. The molecule has 4 rings (SSSR count). The molecule has 0 unspecified atom stereocenters. The minimum atomic E-state index is -0.700. The van der Waals surface area contributed by atoms with Crippen LogP contribution in [0.5, 0.6) is 23.1 Å². The molecule has 3 N–H and O–H groups in total. The fourth-order valence-corrected chi connectivity index (χ4v) is 3.52. The third kappa shape index (κ3) is 3.88. The Morgan fingerprint density at radius 2 is 1.74 bits per heavy atom. The number of rotatable bonds is 6. The number of nitriles is 1. The molecule has 0 aliphatic heterocycles. The van der Waals surface area contributed by atoms with E-state index in [4.69, 9.17) is 14.2 Å². The van der Waals surface area contributed by atoms with Gasteiger partial charge in [0.1, 0.15) is 11.6 Å². The Morgan fingerprint density at radius 3 is 2.35 bits per heavy atom. The van der Waals surface area contributed by atoms with Crippen LogP contribution in [0, 0.1) is 18.3 Å². The molecule has 172 valence electrons. The highest BCUT2D eigenvalue weighted by atomic mass is 16.5. The SMILES string of the molecule is COc1cc(-c2nc(N=Nc3c(O)[nH]c4ccc(C)cc34)[nH]c(=O)c2C#N)cc(OC)c1OC. The van der Waals surface area contributed by atoms with Gasteiger partial charge in [-0.2, -0.15) is 5.26 Å². The summed E-state index contributed by atoms with van der Waals surface area (Å²) < 4.78 is 16.0. The van der Waals surface area contributed by atoms with E-state index in [0.29, 0.717) is 33.7 Å². The zero-order valence-corrected chi connectivity index (χ0v) is 18.8. The maximum atomic E-state index is 12.6.